The van der Waals surface area contributed by atoms with Crippen molar-refractivity contribution in [1.29, 1.82) is 0 Å². The Morgan fingerprint density at radius 1 is 1.80 bits per heavy atom. The van der Waals surface area contributed by atoms with Gasteiger partial charge in [0.15, 0.2) is 0 Å². The number of hydrogen-bond donors (Lipinski definition) is 1. The standard InChI is InChI=1S/C8H15NS/c1-3-4-7(2)9-8-5-10-6-8/h3,7-9H,1,4-6H2,2H3. The third kappa shape index (κ3) is 2.35. The molecule has 0 aromatic heterocycles. The van der Waals surface area contributed by atoms with E-state index in [0.29, 0.717) is 6.04 Å². The van der Waals surface area contributed by atoms with E-state index in [4.69, 9.17) is 0 Å². The summed E-state index contributed by atoms with van der Waals surface area (Å²) in [6.07, 6.45) is 3.06. The Hall–Kier alpha value is 0.0500. The van der Waals surface area contributed by atoms with Crippen LogP contribution in [0.3, 0.4) is 0 Å². The minimum Gasteiger partial charge on any atom is -0.310 e. The van der Waals surface area contributed by atoms with E-state index in [1.165, 1.54) is 11.5 Å². The molecule has 10 heavy (non-hydrogen) atoms. The lowest BCUT2D eigenvalue weighted by Gasteiger charge is -2.29. The van der Waals surface area contributed by atoms with Gasteiger partial charge in [-0.25, -0.2) is 0 Å². The van der Waals surface area contributed by atoms with Crippen molar-refractivity contribution in [2.45, 2.75) is 25.4 Å². The summed E-state index contributed by atoms with van der Waals surface area (Å²) in [6, 6.07) is 1.39. The fourth-order valence-corrected chi connectivity index (χ4v) is 1.72. The third-order valence-electron chi connectivity index (χ3n) is 1.68. The maximum atomic E-state index is 3.71. The van der Waals surface area contributed by atoms with Crippen LogP contribution in [0.25, 0.3) is 0 Å². The Bertz CT molecular complexity index is 110. The molecule has 0 aliphatic carbocycles. The first-order chi connectivity index (χ1) is 4.83. The van der Waals surface area contributed by atoms with Gasteiger partial charge in [0.1, 0.15) is 0 Å². The largest absolute Gasteiger partial charge is 0.310 e. The van der Waals surface area contributed by atoms with Gasteiger partial charge in [0.05, 0.1) is 0 Å². The molecule has 1 atom stereocenters. The van der Waals surface area contributed by atoms with Gasteiger partial charge in [0.25, 0.3) is 0 Å². The van der Waals surface area contributed by atoms with Gasteiger partial charge in [-0.2, -0.15) is 11.8 Å². The highest BCUT2D eigenvalue weighted by atomic mass is 32.2. The molecule has 0 spiro atoms. The number of rotatable bonds is 4. The summed E-state index contributed by atoms with van der Waals surface area (Å²) in [5.41, 5.74) is 0. The van der Waals surface area contributed by atoms with Gasteiger partial charge in [0.2, 0.25) is 0 Å². The molecule has 0 aromatic rings. The molecule has 2 heteroatoms. The Kier molecular flexibility index (Phi) is 3.29. The maximum absolute atomic E-state index is 3.71. The van der Waals surface area contributed by atoms with E-state index in [9.17, 15) is 0 Å². The smallest absolute Gasteiger partial charge is 0.0251 e. The van der Waals surface area contributed by atoms with Crippen molar-refractivity contribution >= 4 is 11.8 Å². The normalized spacial score (nSPS) is 21.7. The first-order valence-corrected chi connectivity index (χ1v) is 4.93. The Balaban J connectivity index is 2.04. The molecule has 1 aliphatic heterocycles. The van der Waals surface area contributed by atoms with Crippen LogP contribution in [0.2, 0.25) is 0 Å². The zero-order chi connectivity index (χ0) is 7.40. The number of thioether (sulfide) groups is 1. The summed E-state index contributed by atoms with van der Waals surface area (Å²) in [5.74, 6) is 2.59. The van der Waals surface area contributed by atoms with E-state index in [-0.39, 0.29) is 0 Å². The summed E-state index contributed by atoms with van der Waals surface area (Å²) in [5, 5.41) is 3.53. The summed E-state index contributed by atoms with van der Waals surface area (Å²) in [6.45, 7) is 5.92. The summed E-state index contributed by atoms with van der Waals surface area (Å²) >= 11 is 2.02. The van der Waals surface area contributed by atoms with Crippen molar-refractivity contribution in [1.82, 2.24) is 5.32 Å². The highest BCUT2D eigenvalue weighted by Gasteiger charge is 2.18. The van der Waals surface area contributed by atoms with Crippen molar-refractivity contribution in [2.24, 2.45) is 0 Å². The maximum Gasteiger partial charge on any atom is 0.0251 e. The molecule has 0 radical (unpaired) electrons. The average molecular weight is 157 g/mol. The second-order valence-corrected chi connectivity index (χ2v) is 3.90. The lowest BCUT2D eigenvalue weighted by atomic mass is 10.2. The van der Waals surface area contributed by atoms with Gasteiger partial charge < -0.3 is 5.32 Å². The molecule has 1 saturated heterocycles. The van der Waals surface area contributed by atoms with Crippen LogP contribution >= 0.6 is 11.8 Å². The van der Waals surface area contributed by atoms with Crippen molar-refractivity contribution in [3.63, 3.8) is 0 Å². The fourth-order valence-electron chi connectivity index (χ4n) is 1.05. The second kappa shape index (κ2) is 4.04. The topological polar surface area (TPSA) is 12.0 Å². The van der Waals surface area contributed by atoms with E-state index in [2.05, 4.69) is 18.8 Å². The van der Waals surface area contributed by atoms with E-state index in [0.717, 1.165) is 12.5 Å². The molecule has 1 N–H and O–H groups in total. The van der Waals surface area contributed by atoms with E-state index < -0.39 is 0 Å². The highest BCUT2D eigenvalue weighted by Crippen LogP contribution is 2.17. The Morgan fingerprint density at radius 3 is 2.90 bits per heavy atom. The van der Waals surface area contributed by atoms with E-state index in [1.54, 1.807) is 0 Å². The van der Waals surface area contributed by atoms with Gasteiger partial charge in [0, 0.05) is 23.6 Å². The number of hydrogen-bond acceptors (Lipinski definition) is 2. The van der Waals surface area contributed by atoms with Crippen LogP contribution < -0.4 is 5.32 Å². The van der Waals surface area contributed by atoms with Gasteiger partial charge in [-0.1, -0.05) is 6.08 Å². The lowest BCUT2D eigenvalue weighted by Crippen LogP contribution is -2.44. The third-order valence-corrected chi connectivity index (χ3v) is 2.95. The van der Waals surface area contributed by atoms with Crippen LogP contribution in [0.4, 0.5) is 0 Å². The molecule has 0 saturated carbocycles. The molecular weight excluding hydrogens is 142 g/mol. The van der Waals surface area contributed by atoms with Crippen molar-refractivity contribution in [3.8, 4) is 0 Å². The monoisotopic (exact) mass is 157 g/mol. The fraction of sp³-hybridized carbons (Fsp3) is 0.750. The van der Waals surface area contributed by atoms with Crippen LogP contribution in [0, 0.1) is 0 Å². The van der Waals surface area contributed by atoms with E-state index in [1.807, 2.05) is 17.8 Å². The summed E-state index contributed by atoms with van der Waals surface area (Å²) in [4.78, 5) is 0. The minimum atomic E-state index is 0.614. The molecule has 0 aromatic carbocycles. The first-order valence-electron chi connectivity index (χ1n) is 3.77. The van der Waals surface area contributed by atoms with Gasteiger partial charge in [-0.05, 0) is 13.3 Å². The van der Waals surface area contributed by atoms with E-state index >= 15 is 0 Å². The summed E-state index contributed by atoms with van der Waals surface area (Å²) < 4.78 is 0. The summed E-state index contributed by atoms with van der Waals surface area (Å²) in [7, 11) is 0. The molecule has 0 bridgehead atoms. The average Bonchev–Trinajstić information content (AvgIpc) is 1.80. The molecule has 0 amide bonds. The van der Waals surface area contributed by atoms with Crippen LogP contribution in [-0.2, 0) is 0 Å². The van der Waals surface area contributed by atoms with Gasteiger partial charge >= 0.3 is 0 Å². The molecule has 1 unspecified atom stereocenters. The van der Waals surface area contributed by atoms with Gasteiger partial charge in [-0.3, -0.25) is 0 Å². The molecular formula is C8H15NS. The van der Waals surface area contributed by atoms with Crippen LogP contribution in [-0.4, -0.2) is 23.6 Å². The zero-order valence-corrected chi connectivity index (χ0v) is 7.29. The van der Waals surface area contributed by atoms with Crippen molar-refractivity contribution in [3.05, 3.63) is 12.7 Å². The Morgan fingerprint density at radius 2 is 2.50 bits per heavy atom. The van der Waals surface area contributed by atoms with Crippen molar-refractivity contribution < 1.29 is 0 Å². The van der Waals surface area contributed by atoms with Crippen LogP contribution in [0.5, 0.6) is 0 Å². The van der Waals surface area contributed by atoms with Crippen LogP contribution in [0.15, 0.2) is 12.7 Å². The Labute approximate surface area is 67.3 Å². The predicted octanol–water partition coefficient (Wildman–Crippen LogP) is 1.66. The molecule has 1 heterocycles. The minimum absolute atomic E-state index is 0.614. The quantitative estimate of drug-likeness (QED) is 0.623. The second-order valence-electron chi connectivity index (χ2n) is 2.83. The zero-order valence-electron chi connectivity index (χ0n) is 6.47. The van der Waals surface area contributed by atoms with Crippen LogP contribution in [0.1, 0.15) is 13.3 Å². The van der Waals surface area contributed by atoms with Crippen molar-refractivity contribution in [2.75, 3.05) is 11.5 Å². The molecule has 58 valence electrons. The first kappa shape index (κ1) is 8.15. The molecule has 1 rings (SSSR count). The molecule has 1 fully saturated rings. The SMILES string of the molecule is C=CCC(C)NC1CSC1. The highest BCUT2D eigenvalue weighted by molar-refractivity contribution is 8.00. The molecule has 1 aliphatic rings. The van der Waals surface area contributed by atoms with Gasteiger partial charge in [-0.15, -0.1) is 6.58 Å². The lowest BCUT2D eigenvalue weighted by molar-refractivity contribution is 0.490. The molecule has 1 nitrogen and oxygen atoms in total. The number of nitrogens with one attached hydrogen (secondary N) is 1. The predicted molar refractivity (Wildman–Crippen MR) is 48.5 cm³/mol.